The highest BCUT2D eigenvalue weighted by Gasteiger charge is 2.20. The summed E-state index contributed by atoms with van der Waals surface area (Å²) in [5.41, 5.74) is 4.75. The van der Waals surface area contributed by atoms with Gasteiger partial charge < -0.3 is 9.84 Å². The molecule has 0 spiro atoms. The summed E-state index contributed by atoms with van der Waals surface area (Å²) in [7, 11) is 0. The van der Waals surface area contributed by atoms with Gasteiger partial charge in [-0.2, -0.15) is 0 Å². The fourth-order valence-corrected chi connectivity index (χ4v) is 4.18. The molecule has 2 aromatic rings. The molecule has 0 aromatic heterocycles. The van der Waals surface area contributed by atoms with E-state index in [0.29, 0.717) is 5.75 Å². The van der Waals surface area contributed by atoms with Crippen molar-refractivity contribution in [3.8, 4) is 11.5 Å². The SMILES string of the molecule is CCCCCCCCOc1cc(CCc2ccc(C(C)(C)C)c(O)c2)ccc1C(C)(C)C. The molecule has 2 heteroatoms. The predicted octanol–water partition coefficient (Wildman–Crippen LogP) is 8.51. The number of phenols is 1. The van der Waals surface area contributed by atoms with E-state index in [1.807, 2.05) is 6.07 Å². The molecule has 0 atom stereocenters. The number of phenolic OH excluding ortho intramolecular Hbond substituents is 1. The van der Waals surface area contributed by atoms with E-state index in [0.717, 1.165) is 37.2 Å². The number of ether oxygens (including phenoxy) is 1. The van der Waals surface area contributed by atoms with Crippen LogP contribution in [0.5, 0.6) is 11.5 Å². The van der Waals surface area contributed by atoms with Crippen LogP contribution in [-0.4, -0.2) is 11.7 Å². The average Bonchev–Trinajstić information content (AvgIpc) is 2.70. The summed E-state index contributed by atoms with van der Waals surface area (Å²) in [5.74, 6) is 1.44. The van der Waals surface area contributed by atoms with E-state index < -0.39 is 0 Å². The van der Waals surface area contributed by atoms with Crippen LogP contribution in [0.1, 0.15) is 109 Å². The molecule has 0 bridgehead atoms. The lowest BCUT2D eigenvalue weighted by molar-refractivity contribution is 0.296. The van der Waals surface area contributed by atoms with E-state index in [9.17, 15) is 5.11 Å². The monoisotopic (exact) mass is 438 g/mol. The molecule has 0 amide bonds. The van der Waals surface area contributed by atoms with Crippen molar-refractivity contribution < 1.29 is 9.84 Å². The number of aromatic hydroxyl groups is 1. The molecule has 0 aliphatic heterocycles. The van der Waals surface area contributed by atoms with Gasteiger partial charge in [0.15, 0.2) is 0 Å². The Bertz CT molecular complexity index is 837. The van der Waals surface area contributed by atoms with Gasteiger partial charge in [-0.25, -0.2) is 0 Å². The third kappa shape index (κ3) is 8.19. The zero-order chi connectivity index (χ0) is 23.8. The quantitative estimate of drug-likeness (QED) is 0.356. The lowest BCUT2D eigenvalue weighted by Gasteiger charge is -2.24. The number of hydrogen-bond donors (Lipinski definition) is 1. The largest absolute Gasteiger partial charge is 0.508 e. The first-order valence-corrected chi connectivity index (χ1v) is 12.6. The smallest absolute Gasteiger partial charge is 0.123 e. The predicted molar refractivity (Wildman–Crippen MR) is 138 cm³/mol. The van der Waals surface area contributed by atoms with Crippen molar-refractivity contribution in [2.45, 2.75) is 111 Å². The minimum absolute atomic E-state index is 0.0480. The Labute approximate surface area is 197 Å². The fraction of sp³-hybridized carbons (Fsp3) is 0.600. The maximum absolute atomic E-state index is 10.5. The minimum atomic E-state index is -0.0480. The molecule has 178 valence electrons. The maximum Gasteiger partial charge on any atom is 0.123 e. The first kappa shape index (κ1) is 26.3. The Balaban J connectivity index is 2.03. The first-order chi connectivity index (χ1) is 15.0. The highest BCUT2D eigenvalue weighted by Crippen LogP contribution is 2.34. The lowest BCUT2D eigenvalue weighted by atomic mass is 9.84. The second-order valence-electron chi connectivity index (χ2n) is 11.3. The van der Waals surface area contributed by atoms with Crippen LogP contribution in [0.15, 0.2) is 36.4 Å². The summed E-state index contributed by atoms with van der Waals surface area (Å²) >= 11 is 0. The number of aryl methyl sites for hydroxylation is 2. The van der Waals surface area contributed by atoms with Crippen molar-refractivity contribution >= 4 is 0 Å². The molecule has 0 saturated carbocycles. The Hall–Kier alpha value is -1.96. The van der Waals surface area contributed by atoms with Gasteiger partial charge in [0.05, 0.1) is 6.61 Å². The second-order valence-corrected chi connectivity index (χ2v) is 11.3. The summed E-state index contributed by atoms with van der Waals surface area (Å²) in [6.45, 7) is 16.2. The van der Waals surface area contributed by atoms with Crippen LogP contribution in [0.25, 0.3) is 0 Å². The molecule has 0 heterocycles. The van der Waals surface area contributed by atoms with Crippen LogP contribution in [0, 0.1) is 0 Å². The van der Waals surface area contributed by atoms with Crippen LogP contribution in [0.2, 0.25) is 0 Å². The summed E-state index contributed by atoms with van der Waals surface area (Å²) < 4.78 is 6.30. The zero-order valence-corrected chi connectivity index (χ0v) is 21.7. The van der Waals surface area contributed by atoms with E-state index >= 15 is 0 Å². The Kier molecular flexibility index (Phi) is 9.67. The summed E-state index contributed by atoms with van der Waals surface area (Å²) in [4.78, 5) is 0. The molecular formula is C30H46O2. The van der Waals surface area contributed by atoms with Gasteiger partial charge in [-0.3, -0.25) is 0 Å². The average molecular weight is 439 g/mol. The molecule has 2 rings (SSSR count). The topological polar surface area (TPSA) is 29.5 Å². The minimum Gasteiger partial charge on any atom is -0.508 e. The van der Waals surface area contributed by atoms with Gasteiger partial charge >= 0.3 is 0 Å². The Morgan fingerprint density at radius 2 is 1.22 bits per heavy atom. The van der Waals surface area contributed by atoms with Gasteiger partial charge in [-0.1, -0.05) is 105 Å². The zero-order valence-electron chi connectivity index (χ0n) is 21.7. The van der Waals surface area contributed by atoms with Gasteiger partial charge in [0.2, 0.25) is 0 Å². The molecule has 0 radical (unpaired) electrons. The molecule has 0 fully saturated rings. The molecule has 0 aliphatic rings. The van der Waals surface area contributed by atoms with Gasteiger partial charge in [-0.15, -0.1) is 0 Å². The molecule has 0 saturated heterocycles. The molecular weight excluding hydrogens is 392 g/mol. The van der Waals surface area contributed by atoms with E-state index in [2.05, 4.69) is 78.8 Å². The second kappa shape index (κ2) is 11.8. The van der Waals surface area contributed by atoms with Crippen molar-refractivity contribution in [1.29, 1.82) is 0 Å². The number of benzene rings is 2. The molecule has 32 heavy (non-hydrogen) atoms. The van der Waals surface area contributed by atoms with Gasteiger partial charge in [0, 0.05) is 0 Å². The summed E-state index contributed by atoms with van der Waals surface area (Å²) in [6, 6.07) is 12.9. The third-order valence-corrected chi connectivity index (χ3v) is 6.18. The molecule has 1 N–H and O–H groups in total. The third-order valence-electron chi connectivity index (χ3n) is 6.18. The van der Waals surface area contributed by atoms with Crippen LogP contribution in [-0.2, 0) is 23.7 Å². The van der Waals surface area contributed by atoms with Crippen molar-refractivity contribution in [3.05, 3.63) is 58.7 Å². The Morgan fingerprint density at radius 3 is 1.78 bits per heavy atom. The lowest BCUT2D eigenvalue weighted by Crippen LogP contribution is -2.14. The normalized spacial score (nSPS) is 12.2. The van der Waals surface area contributed by atoms with Gasteiger partial charge in [-0.05, 0) is 64.5 Å². The van der Waals surface area contributed by atoms with E-state index in [-0.39, 0.29) is 10.8 Å². The fourth-order valence-electron chi connectivity index (χ4n) is 4.18. The Morgan fingerprint density at radius 1 is 0.688 bits per heavy atom. The van der Waals surface area contributed by atoms with Crippen molar-refractivity contribution in [2.75, 3.05) is 6.61 Å². The standard InChI is InChI=1S/C30H46O2/c1-8-9-10-11-12-13-20-32-28-22-24(17-19-26(28)30(5,6)7)15-14-23-16-18-25(27(31)21-23)29(2,3)4/h16-19,21-22,31H,8-15,20H2,1-7H3. The number of rotatable bonds is 11. The molecule has 2 aromatic carbocycles. The number of hydrogen-bond acceptors (Lipinski definition) is 2. The van der Waals surface area contributed by atoms with E-state index in [1.54, 1.807) is 0 Å². The van der Waals surface area contributed by atoms with Crippen LogP contribution < -0.4 is 4.74 Å². The van der Waals surface area contributed by atoms with Crippen molar-refractivity contribution in [3.63, 3.8) is 0 Å². The van der Waals surface area contributed by atoms with Crippen LogP contribution in [0.3, 0.4) is 0 Å². The molecule has 2 nitrogen and oxygen atoms in total. The van der Waals surface area contributed by atoms with Crippen molar-refractivity contribution in [2.24, 2.45) is 0 Å². The van der Waals surface area contributed by atoms with E-state index in [1.165, 1.54) is 48.8 Å². The van der Waals surface area contributed by atoms with Crippen molar-refractivity contribution in [1.82, 2.24) is 0 Å². The number of unbranched alkanes of at least 4 members (excludes halogenated alkanes) is 5. The van der Waals surface area contributed by atoms with E-state index in [4.69, 9.17) is 4.74 Å². The van der Waals surface area contributed by atoms with Crippen LogP contribution >= 0.6 is 0 Å². The first-order valence-electron chi connectivity index (χ1n) is 12.6. The van der Waals surface area contributed by atoms with Crippen LogP contribution in [0.4, 0.5) is 0 Å². The van der Waals surface area contributed by atoms with Gasteiger partial charge in [0.25, 0.3) is 0 Å². The highest BCUT2D eigenvalue weighted by molar-refractivity contribution is 5.43. The summed E-state index contributed by atoms with van der Waals surface area (Å²) in [6.07, 6.45) is 9.49. The van der Waals surface area contributed by atoms with Gasteiger partial charge in [0.1, 0.15) is 11.5 Å². The summed E-state index contributed by atoms with van der Waals surface area (Å²) in [5, 5.41) is 10.5. The maximum atomic E-state index is 10.5. The molecule has 0 unspecified atom stereocenters. The highest BCUT2D eigenvalue weighted by atomic mass is 16.5. The molecule has 0 aliphatic carbocycles.